The Kier molecular flexibility index (Phi) is 5.26. The summed E-state index contributed by atoms with van der Waals surface area (Å²) in [5, 5.41) is 13.5. The van der Waals surface area contributed by atoms with Crippen LogP contribution in [-0.4, -0.2) is 31.5 Å². The zero-order valence-electron chi connectivity index (χ0n) is 12.9. The number of hydrogen-bond donors (Lipinski definition) is 2. The van der Waals surface area contributed by atoms with Crippen molar-refractivity contribution in [3.05, 3.63) is 58.6 Å². The average molecular weight is 367 g/mol. The summed E-state index contributed by atoms with van der Waals surface area (Å²) < 4.78 is 22.9. The van der Waals surface area contributed by atoms with Gasteiger partial charge in [0.1, 0.15) is 0 Å². The fraction of sp³-hybridized carbons (Fsp3) is 0.125. The van der Waals surface area contributed by atoms with E-state index >= 15 is 0 Å². The van der Waals surface area contributed by atoms with Crippen LogP contribution < -0.4 is 5.43 Å². The molecule has 0 radical (unpaired) electrons. The highest BCUT2D eigenvalue weighted by molar-refractivity contribution is 7.90. The van der Waals surface area contributed by atoms with Crippen LogP contribution in [0.5, 0.6) is 0 Å². The third-order valence-electron chi connectivity index (χ3n) is 3.26. The molecule has 0 atom stereocenters. The summed E-state index contributed by atoms with van der Waals surface area (Å²) in [5.74, 6) is -1.06. The fourth-order valence-corrected chi connectivity index (χ4v) is 2.69. The van der Waals surface area contributed by atoms with E-state index in [1.807, 2.05) is 0 Å². The van der Waals surface area contributed by atoms with Crippen LogP contribution in [0.2, 0.25) is 5.02 Å². The smallest absolute Gasteiger partial charge is 0.335 e. The highest BCUT2D eigenvalue weighted by atomic mass is 35.5. The predicted octanol–water partition coefficient (Wildman–Crippen LogP) is 3.28. The van der Waals surface area contributed by atoms with E-state index in [0.717, 1.165) is 11.8 Å². The molecular weight excluding hydrogens is 352 g/mol. The lowest BCUT2D eigenvalue weighted by molar-refractivity contribution is 0.0697. The molecule has 0 aliphatic rings. The summed E-state index contributed by atoms with van der Waals surface area (Å²) in [6.45, 7) is 1.73. The largest absolute Gasteiger partial charge is 0.478 e. The summed E-state index contributed by atoms with van der Waals surface area (Å²) in [6, 6.07) is 10.5. The van der Waals surface area contributed by atoms with E-state index in [0.29, 0.717) is 16.4 Å². The van der Waals surface area contributed by atoms with Crippen LogP contribution in [0.25, 0.3) is 0 Å². The van der Waals surface area contributed by atoms with E-state index in [4.69, 9.17) is 16.7 Å². The molecule has 0 aliphatic carbocycles. The Balaban J connectivity index is 2.23. The highest BCUT2D eigenvalue weighted by Crippen LogP contribution is 2.23. The predicted molar refractivity (Wildman–Crippen MR) is 93.8 cm³/mol. The monoisotopic (exact) mass is 366 g/mol. The Morgan fingerprint density at radius 2 is 1.71 bits per heavy atom. The van der Waals surface area contributed by atoms with Crippen molar-refractivity contribution >= 4 is 38.8 Å². The fourth-order valence-electron chi connectivity index (χ4n) is 1.90. The van der Waals surface area contributed by atoms with Crippen molar-refractivity contribution in [3.63, 3.8) is 0 Å². The van der Waals surface area contributed by atoms with Gasteiger partial charge in [-0.3, -0.25) is 5.43 Å². The lowest BCUT2D eigenvalue weighted by Gasteiger charge is -2.07. The molecule has 0 saturated heterocycles. The minimum Gasteiger partial charge on any atom is -0.478 e. The first-order valence-electron chi connectivity index (χ1n) is 6.82. The Bertz CT molecular complexity index is 906. The Morgan fingerprint density at radius 3 is 2.25 bits per heavy atom. The van der Waals surface area contributed by atoms with Gasteiger partial charge in [-0.1, -0.05) is 23.7 Å². The van der Waals surface area contributed by atoms with Gasteiger partial charge >= 0.3 is 5.97 Å². The number of nitrogens with zero attached hydrogens (tertiary/aromatic N) is 1. The molecule has 2 aromatic rings. The van der Waals surface area contributed by atoms with Crippen molar-refractivity contribution in [1.82, 2.24) is 0 Å². The minimum absolute atomic E-state index is 0.0901. The molecule has 0 spiro atoms. The minimum atomic E-state index is -3.25. The number of sulfone groups is 1. The van der Waals surface area contributed by atoms with Crippen molar-refractivity contribution in [2.75, 3.05) is 11.7 Å². The molecule has 6 nitrogen and oxygen atoms in total. The molecule has 2 N–H and O–H groups in total. The van der Waals surface area contributed by atoms with Crippen LogP contribution >= 0.6 is 11.6 Å². The van der Waals surface area contributed by atoms with Crippen LogP contribution in [-0.2, 0) is 9.84 Å². The topological polar surface area (TPSA) is 95.8 Å². The molecule has 24 heavy (non-hydrogen) atoms. The number of hydrazone groups is 1. The van der Waals surface area contributed by atoms with E-state index in [1.54, 1.807) is 19.1 Å². The van der Waals surface area contributed by atoms with Crippen molar-refractivity contribution in [2.24, 2.45) is 5.10 Å². The van der Waals surface area contributed by atoms with Crippen LogP contribution in [0.4, 0.5) is 5.69 Å². The van der Waals surface area contributed by atoms with E-state index in [2.05, 4.69) is 10.5 Å². The number of nitrogens with one attached hydrogen (secondary N) is 1. The third kappa shape index (κ3) is 4.33. The molecular formula is C16H15ClN2O4S. The van der Waals surface area contributed by atoms with Gasteiger partial charge in [-0.15, -0.1) is 0 Å². The highest BCUT2D eigenvalue weighted by Gasteiger charge is 2.08. The van der Waals surface area contributed by atoms with Crippen LogP contribution in [0.15, 0.2) is 52.5 Å². The molecule has 126 valence electrons. The van der Waals surface area contributed by atoms with Gasteiger partial charge in [-0.25, -0.2) is 13.2 Å². The molecule has 0 unspecified atom stereocenters. The van der Waals surface area contributed by atoms with Crippen molar-refractivity contribution in [3.8, 4) is 0 Å². The van der Waals surface area contributed by atoms with Gasteiger partial charge < -0.3 is 5.11 Å². The number of hydrogen-bond acceptors (Lipinski definition) is 5. The van der Waals surface area contributed by atoms with E-state index in [-0.39, 0.29) is 10.5 Å². The number of aromatic carboxylic acids is 1. The normalized spacial score (nSPS) is 12.0. The Hall–Kier alpha value is -2.38. The van der Waals surface area contributed by atoms with Gasteiger partial charge in [0, 0.05) is 6.26 Å². The SMILES string of the molecule is C/C(=N/Nc1cc(C(=O)O)ccc1Cl)c1ccc(S(C)(=O)=O)cc1. The number of anilines is 1. The first-order chi connectivity index (χ1) is 11.2. The maximum absolute atomic E-state index is 11.4. The van der Waals surface area contributed by atoms with Crippen LogP contribution in [0.3, 0.4) is 0 Å². The summed E-state index contributed by atoms with van der Waals surface area (Å²) in [4.78, 5) is 11.2. The number of carboxylic acid groups (broad SMARTS) is 1. The van der Waals surface area contributed by atoms with Crippen LogP contribution in [0, 0.1) is 0 Å². The van der Waals surface area contributed by atoms with Crippen molar-refractivity contribution < 1.29 is 18.3 Å². The number of carbonyl (C=O) groups is 1. The number of benzene rings is 2. The molecule has 0 heterocycles. The van der Waals surface area contributed by atoms with E-state index < -0.39 is 15.8 Å². The zero-order valence-corrected chi connectivity index (χ0v) is 14.5. The standard InChI is InChI=1S/C16H15ClN2O4S/c1-10(11-3-6-13(7-4-11)24(2,22)23)18-19-15-9-12(16(20)21)5-8-14(15)17/h3-9,19H,1-2H3,(H,20,21)/b18-10-. The lowest BCUT2D eigenvalue weighted by atomic mass is 10.1. The first-order valence-corrected chi connectivity index (χ1v) is 9.09. The molecule has 0 amide bonds. The van der Waals surface area contributed by atoms with E-state index in [1.165, 1.54) is 30.3 Å². The molecule has 2 rings (SSSR count). The van der Waals surface area contributed by atoms with Gasteiger partial charge in [-0.2, -0.15) is 5.10 Å². The zero-order chi connectivity index (χ0) is 17.9. The summed E-state index contributed by atoms with van der Waals surface area (Å²) in [5.41, 5.74) is 4.49. The van der Waals surface area contributed by atoms with Gasteiger partial charge in [-0.05, 0) is 42.8 Å². The van der Waals surface area contributed by atoms with Crippen molar-refractivity contribution in [2.45, 2.75) is 11.8 Å². The van der Waals surface area contributed by atoms with Gasteiger partial charge in [0.05, 0.1) is 26.9 Å². The summed E-state index contributed by atoms with van der Waals surface area (Å²) in [6.07, 6.45) is 1.14. The molecule has 0 aromatic heterocycles. The number of rotatable bonds is 5. The Morgan fingerprint density at radius 1 is 1.12 bits per heavy atom. The second-order valence-electron chi connectivity index (χ2n) is 5.11. The maximum Gasteiger partial charge on any atom is 0.335 e. The number of halogens is 1. The number of carboxylic acids is 1. The van der Waals surface area contributed by atoms with Gasteiger partial charge in [0.15, 0.2) is 9.84 Å². The first kappa shape index (κ1) is 18.0. The molecule has 0 fully saturated rings. The second-order valence-corrected chi connectivity index (χ2v) is 7.53. The molecule has 8 heteroatoms. The Labute approximate surface area is 144 Å². The molecule has 0 aliphatic heterocycles. The van der Waals surface area contributed by atoms with Crippen molar-refractivity contribution in [1.29, 1.82) is 0 Å². The van der Waals surface area contributed by atoms with Gasteiger partial charge in [0.25, 0.3) is 0 Å². The van der Waals surface area contributed by atoms with Gasteiger partial charge in [0.2, 0.25) is 0 Å². The molecule has 0 saturated carbocycles. The van der Waals surface area contributed by atoms with Crippen LogP contribution in [0.1, 0.15) is 22.8 Å². The average Bonchev–Trinajstić information content (AvgIpc) is 2.52. The summed E-state index contributed by atoms with van der Waals surface area (Å²) in [7, 11) is -3.25. The third-order valence-corrected chi connectivity index (χ3v) is 4.72. The second kappa shape index (κ2) is 7.02. The van der Waals surface area contributed by atoms with E-state index in [9.17, 15) is 13.2 Å². The maximum atomic E-state index is 11.4. The summed E-state index contributed by atoms with van der Waals surface area (Å²) >= 11 is 6.01. The lowest BCUT2D eigenvalue weighted by Crippen LogP contribution is -2.03. The molecule has 0 bridgehead atoms. The quantitative estimate of drug-likeness (QED) is 0.625. The molecule has 2 aromatic carbocycles.